The Labute approximate surface area is 68.2 Å². The van der Waals surface area contributed by atoms with Gasteiger partial charge in [-0.05, 0) is 6.42 Å². The molecule has 0 N–H and O–H groups in total. The summed E-state index contributed by atoms with van der Waals surface area (Å²) in [5.41, 5.74) is 0. The van der Waals surface area contributed by atoms with Gasteiger partial charge in [0, 0.05) is 0 Å². The van der Waals surface area contributed by atoms with Gasteiger partial charge in [-0.1, -0.05) is 13.3 Å². The lowest BCUT2D eigenvalue weighted by atomic mass is 10.3. The maximum absolute atomic E-state index is 10.3. The minimum Gasteiger partial charge on any atom is -0.544 e. The highest BCUT2D eigenvalue weighted by Crippen LogP contribution is 1.99. The Balaban J connectivity index is 3.70. The van der Waals surface area contributed by atoms with Crippen LogP contribution >= 0.6 is 0 Å². The van der Waals surface area contributed by atoms with Gasteiger partial charge in [0.25, 0.3) is 0 Å². The zero-order valence-corrected chi connectivity index (χ0v) is 7.59. The van der Waals surface area contributed by atoms with Gasteiger partial charge in [-0.2, -0.15) is 0 Å². The zero-order chi connectivity index (χ0) is 8.91. The molecule has 0 spiro atoms. The first-order valence-electron chi connectivity index (χ1n) is 4.00. The average Bonchev–Trinajstić information content (AvgIpc) is 1.81. The number of hydrogen-bond acceptors (Lipinski definition) is 2. The fraction of sp³-hybridized carbons (Fsp3) is 0.875. The van der Waals surface area contributed by atoms with Crippen molar-refractivity contribution in [2.75, 3.05) is 27.2 Å². The van der Waals surface area contributed by atoms with Crippen LogP contribution in [0.15, 0.2) is 0 Å². The van der Waals surface area contributed by atoms with E-state index in [0.29, 0.717) is 4.48 Å². The lowest BCUT2D eigenvalue weighted by Gasteiger charge is -2.29. The van der Waals surface area contributed by atoms with Crippen molar-refractivity contribution in [3.63, 3.8) is 0 Å². The summed E-state index contributed by atoms with van der Waals surface area (Å²) >= 11 is 0. The van der Waals surface area contributed by atoms with Crippen molar-refractivity contribution in [1.82, 2.24) is 0 Å². The highest BCUT2D eigenvalue weighted by molar-refractivity contribution is 5.65. The highest BCUT2D eigenvalue weighted by Gasteiger charge is 2.13. The molecule has 3 nitrogen and oxygen atoms in total. The third-order valence-corrected chi connectivity index (χ3v) is 1.67. The van der Waals surface area contributed by atoms with Gasteiger partial charge >= 0.3 is 0 Å². The van der Waals surface area contributed by atoms with Crippen molar-refractivity contribution >= 4 is 5.97 Å². The van der Waals surface area contributed by atoms with Crippen LogP contribution in [0.5, 0.6) is 0 Å². The first-order valence-corrected chi connectivity index (χ1v) is 4.00. The standard InChI is InChI=1S/C8H17NO2/c1-4-5-6-9(2,3)7-8(10)11/h4-7H2,1-3H3. The van der Waals surface area contributed by atoms with E-state index in [1.807, 2.05) is 14.1 Å². The Morgan fingerprint density at radius 2 is 2.00 bits per heavy atom. The van der Waals surface area contributed by atoms with Crippen LogP contribution < -0.4 is 5.11 Å². The van der Waals surface area contributed by atoms with Gasteiger partial charge in [-0.3, -0.25) is 0 Å². The minimum absolute atomic E-state index is 0.111. The number of hydrogen-bond donors (Lipinski definition) is 0. The van der Waals surface area contributed by atoms with Crippen LogP contribution in [0.25, 0.3) is 0 Å². The van der Waals surface area contributed by atoms with E-state index in [1.165, 1.54) is 0 Å². The summed E-state index contributed by atoms with van der Waals surface area (Å²) in [5.74, 6) is -0.967. The van der Waals surface area contributed by atoms with Crippen molar-refractivity contribution in [3.8, 4) is 0 Å². The van der Waals surface area contributed by atoms with E-state index in [2.05, 4.69) is 6.92 Å². The number of aliphatic carboxylic acids is 1. The van der Waals surface area contributed by atoms with Gasteiger partial charge in [0.2, 0.25) is 0 Å². The largest absolute Gasteiger partial charge is 0.544 e. The van der Waals surface area contributed by atoms with Crippen molar-refractivity contribution in [1.29, 1.82) is 0 Å². The number of unbranched alkanes of at least 4 members (excludes halogenated alkanes) is 1. The molecule has 0 rings (SSSR count). The fourth-order valence-corrected chi connectivity index (χ4v) is 1.01. The van der Waals surface area contributed by atoms with Gasteiger partial charge in [-0.15, -0.1) is 0 Å². The normalized spacial score (nSPS) is 11.5. The molecule has 0 fully saturated rings. The average molecular weight is 159 g/mol. The van der Waals surface area contributed by atoms with Crippen LogP contribution in [-0.4, -0.2) is 37.6 Å². The lowest BCUT2D eigenvalue weighted by Crippen LogP contribution is -2.48. The van der Waals surface area contributed by atoms with Crippen LogP contribution in [0.4, 0.5) is 0 Å². The molecule has 0 heterocycles. The molecule has 0 saturated carbocycles. The Kier molecular flexibility index (Phi) is 4.11. The third kappa shape index (κ3) is 5.85. The molecule has 0 atom stereocenters. The van der Waals surface area contributed by atoms with Crippen LogP contribution in [0.2, 0.25) is 0 Å². The second kappa shape index (κ2) is 4.34. The topological polar surface area (TPSA) is 40.1 Å². The monoisotopic (exact) mass is 159 g/mol. The molecule has 0 radical (unpaired) electrons. The Morgan fingerprint density at radius 3 is 2.36 bits per heavy atom. The molecule has 66 valence electrons. The second-order valence-electron chi connectivity index (χ2n) is 3.54. The third-order valence-electron chi connectivity index (χ3n) is 1.67. The second-order valence-corrected chi connectivity index (χ2v) is 3.54. The van der Waals surface area contributed by atoms with Crippen molar-refractivity contribution in [2.45, 2.75) is 19.8 Å². The van der Waals surface area contributed by atoms with Crippen LogP contribution in [-0.2, 0) is 4.79 Å². The van der Waals surface area contributed by atoms with Gasteiger partial charge in [0.15, 0.2) is 0 Å². The summed E-state index contributed by atoms with van der Waals surface area (Å²) in [5, 5.41) is 10.3. The Bertz CT molecular complexity index is 132. The summed E-state index contributed by atoms with van der Waals surface area (Å²) in [6.07, 6.45) is 2.18. The smallest absolute Gasteiger partial charge is 0.119 e. The molecular weight excluding hydrogens is 142 g/mol. The van der Waals surface area contributed by atoms with Crippen molar-refractivity contribution in [3.05, 3.63) is 0 Å². The predicted molar refractivity (Wildman–Crippen MR) is 41.8 cm³/mol. The summed E-state index contributed by atoms with van der Waals surface area (Å²) in [6.45, 7) is 3.11. The van der Waals surface area contributed by atoms with Crippen LogP contribution in [0, 0.1) is 0 Å². The van der Waals surface area contributed by atoms with E-state index in [0.717, 1.165) is 19.4 Å². The maximum atomic E-state index is 10.3. The molecule has 0 amide bonds. The molecule has 0 aliphatic rings. The molecule has 0 saturated heterocycles. The molecule has 0 aromatic heterocycles. The highest BCUT2D eigenvalue weighted by atomic mass is 16.4. The number of rotatable bonds is 5. The molecular formula is C8H17NO2. The number of carboxylic acid groups (broad SMARTS) is 1. The van der Waals surface area contributed by atoms with Crippen molar-refractivity contribution in [2.24, 2.45) is 0 Å². The van der Waals surface area contributed by atoms with E-state index in [4.69, 9.17) is 0 Å². The molecule has 0 aromatic rings. The number of nitrogens with zero attached hydrogens (tertiary/aromatic N) is 1. The van der Waals surface area contributed by atoms with Gasteiger partial charge < -0.3 is 14.4 Å². The van der Waals surface area contributed by atoms with E-state index in [-0.39, 0.29) is 6.54 Å². The summed E-state index contributed by atoms with van der Waals surface area (Å²) < 4.78 is 0.524. The predicted octanol–water partition coefficient (Wildman–Crippen LogP) is -0.387. The molecule has 0 aromatic carbocycles. The molecule has 0 unspecified atom stereocenters. The molecule has 3 heteroatoms. The Morgan fingerprint density at radius 1 is 1.45 bits per heavy atom. The first-order chi connectivity index (χ1) is 4.98. The molecule has 11 heavy (non-hydrogen) atoms. The van der Waals surface area contributed by atoms with Gasteiger partial charge in [0.05, 0.1) is 26.6 Å². The van der Waals surface area contributed by atoms with E-state index in [9.17, 15) is 9.90 Å². The summed E-state index contributed by atoms with van der Waals surface area (Å²) in [4.78, 5) is 10.3. The number of quaternary nitrogens is 1. The van der Waals surface area contributed by atoms with E-state index < -0.39 is 5.97 Å². The summed E-state index contributed by atoms with van der Waals surface area (Å²) in [7, 11) is 3.82. The minimum atomic E-state index is -0.967. The first kappa shape index (κ1) is 10.4. The molecule has 0 bridgehead atoms. The maximum Gasteiger partial charge on any atom is 0.119 e. The number of carbonyl (C=O) groups excluding carboxylic acids is 1. The number of likely N-dealkylation sites (N-methyl/N-ethyl adjacent to an activating group) is 1. The van der Waals surface area contributed by atoms with Crippen LogP contribution in [0.3, 0.4) is 0 Å². The molecule has 0 aliphatic carbocycles. The Hall–Kier alpha value is -0.570. The zero-order valence-electron chi connectivity index (χ0n) is 7.59. The van der Waals surface area contributed by atoms with Crippen LogP contribution in [0.1, 0.15) is 19.8 Å². The lowest BCUT2D eigenvalue weighted by molar-refractivity contribution is -0.885. The van der Waals surface area contributed by atoms with Crippen molar-refractivity contribution < 1.29 is 14.4 Å². The number of carboxylic acids is 1. The summed E-state index contributed by atoms with van der Waals surface area (Å²) in [6, 6.07) is 0. The van der Waals surface area contributed by atoms with Gasteiger partial charge in [0.1, 0.15) is 6.54 Å². The van der Waals surface area contributed by atoms with Gasteiger partial charge in [-0.25, -0.2) is 0 Å². The molecule has 0 aliphatic heterocycles. The SMILES string of the molecule is CCCC[N+](C)(C)CC(=O)[O-]. The number of carbonyl (C=O) groups is 1. The quantitative estimate of drug-likeness (QED) is 0.513. The van der Waals surface area contributed by atoms with E-state index >= 15 is 0 Å². The van der Waals surface area contributed by atoms with E-state index in [1.54, 1.807) is 0 Å². The fourth-order valence-electron chi connectivity index (χ4n) is 1.01.